The highest BCUT2D eigenvalue weighted by molar-refractivity contribution is 6.03. The van der Waals surface area contributed by atoms with Crippen LogP contribution in [0.25, 0.3) is 0 Å². The van der Waals surface area contributed by atoms with Crippen molar-refractivity contribution < 1.29 is 4.79 Å². The van der Waals surface area contributed by atoms with Crippen LogP contribution in [0.15, 0.2) is 42.9 Å². The molecule has 2 rings (SSSR count). The van der Waals surface area contributed by atoms with Gasteiger partial charge in [0.2, 0.25) is 0 Å². The number of amides is 1. The van der Waals surface area contributed by atoms with Crippen LogP contribution < -0.4 is 5.32 Å². The molecule has 98 valence electrons. The van der Waals surface area contributed by atoms with E-state index in [0.717, 1.165) is 0 Å². The molecule has 0 aliphatic heterocycles. The van der Waals surface area contributed by atoms with Gasteiger partial charge >= 0.3 is 0 Å². The lowest BCUT2D eigenvalue weighted by Gasteiger charge is -2.19. The second-order valence-electron chi connectivity index (χ2n) is 5.38. The van der Waals surface area contributed by atoms with Crippen molar-refractivity contribution in [2.75, 3.05) is 5.32 Å². The average Bonchev–Trinajstić information content (AvgIpc) is 2.39. The van der Waals surface area contributed by atoms with Gasteiger partial charge in [-0.1, -0.05) is 32.9 Å². The van der Waals surface area contributed by atoms with Gasteiger partial charge in [0.05, 0.1) is 0 Å². The number of carbonyl (C=O) groups excluding carboxylic acids is 1. The van der Waals surface area contributed by atoms with E-state index in [1.807, 2.05) is 24.3 Å². The summed E-state index contributed by atoms with van der Waals surface area (Å²) in [7, 11) is 0. The first-order chi connectivity index (χ1) is 8.97. The molecule has 0 saturated heterocycles. The summed E-state index contributed by atoms with van der Waals surface area (Å²) in [6, 6.07) is 9.28. The van der Waals surface area contributed by atoms with E-state index in [9.17, 15) is 4.79 Å². The van der Waals surface area contributed by atoms with Gasteiger partial charge in [-0.05, 0) is 29.2 Å². The molecule has 19 heavy (non-hydrogen) atoms. The number of aromatic nitrogens is 2. The van der Waals surface area contributed by atoms with Crippen molar-refractivity contribution >= 4 is 11.7 Å². The Kier molecular flexibility index (Phi) is 3.60. The zero-order valence-electron chi connectivity index (χ0n) is 11.3. The summed E-state index contributed by atoms with van der Waals surface area (Å²) in [4.78, 5) is 19.8. The maximum absolute atomic E-state index is 12.0. The molecule has 4 nitrogen and oxygen atoms in total. The summed E-state index contributed by atoms with van der Waals surface area (Å²) in [6.07, 6.45) is 2.99. The van der Waals surface area contributed by atoms with Crippen LogP contribution in [0.5, 0.6) is 0 Å². The van der Waals surface area contributed by atoms with Gasteiger partial charge in [0.25, 0.3) is 5.91 Å². The summed E-state index contributed by atoms with van der Waals surface area (Å²) in [5.74, 6) is 0.332. The van der Waals surface area contributed by atoms with Crippen LogP contribution in [0.1, 0.15) is 36.7 Å². The third-order valence-electron chi connectivity index (χ3n) is 2.84. The lowest BCUT2D eigenvalue weighted by Crippen LogP contribution is -2.14. The van der Waals surface area contributed by atoms with Gasteiger partial charge in [-0.25, -0.2) is 9.97 Å². The van der Waals surface area contributed by atoms with Gasteiger partial charge < -0.3 is 5.32 Å². The Morgan fingerprint density at radius 1 is 1.11 bits per heavy atom. The van der Waals surface area contributed by atoms with Crippen LogP contribution in [-0.4, -0.2) is 15.9 Å². The molecular weight excluding hydrogens is 238 g/mol. The van der Waals surface area contributed by atoms with E-state index < -0.39 is 0 Å². The number of benzene rings is 1. The SMILES string of the molecule is CC(C)(C)c1ccc(C(=O)Nc2ccncn2)cc1. The Hall–Kier alpha value is -2.23. The second kappa shape index (κ2) is 5.18. The monoisotopic (exact) mass is 255 g/mol. The van der Waals surface area contributed by atoms with Gasteiger partial charge in [-0.3, -0.25) is 4.79 Å². The predicted octanol–water partition coefficient (Wildman–Crippen LogP) is 3.03. The lowest BCUT2D eigenvalue weighted by molar-refractivity contribution is 0.102. The quantitative estimate of drug-likeness (QED) is 0.897. The highest BCUT2D eigenvalue weighted by atomic mass is 16.1. The highest BCUT2D eigenvalue weighted by Crippen LogP contribution is 2.22. The number of nitrogens with zero attached hydrogens (tertiary/aromatic N) is 2. The molecule has 0 spiro atoms. The second-order valence-corrected chi connectivity index (χ2v) is 5.38. The predicted molar refractivity (Wildman–Crippen MR) is 75.1 cm³/mol. The van der Waals surface area contributed by atoms with Crippen LogP contribution in [0.4, 0.5) is 5.82 Å². The minimum Gasteiger partial charge on any atom is -0.306 e. The Bertz CT molecular complexity index is 556. The van der Waals surface area contributed by atoms with Crippen molar-refractivity contribution in [1.29, 1.82) is 0 Å². The lowest BCUT2D eigenvalue weighted by atomic mass is 9.87. The zero-order chi connectivity index (χ0) is 13.9. The normalized spacial score (nSPS) is 11.1. The molecule has 0 aliphatic rings. The highest BCUT2D eigenvalue weighted by Gasteiger charge is 2.14. The Labute approximate surface area is 112 Å². The third kappa shape index (κ3) is 3.37. The maximum Gasteiger partial charge on any atom is 0.256 e. The molecule has 1 amide bonds. The molecule has 1 aromatic heterocycles. The molecule has 0 radical (unpaired) electrons. The van der Waals surface area contributed by atoms with Crippen molar-refractivity contribution in [2.24, 2.45) is 0 Å². The summed E-state index contributed by atoms with van der Waals surface area (Å²) in [5, 5.41) is 2.73. The fraction of sp³-hybridized carbons (Fsp3) is 0.267. The number of hydrogen-bond donors (Lipinski definition) is 1. The first-order valence-electron chi connectivity index (χ1n) is 6.15. The van der Waals surface area contributed by atoms with Crippen molar-refractivity contribution in [1.82, 2.24) is 9.97 Å². The number of carbonyl (C=O) groups is 1. The van der Waals surface area contributed by atoms with Gasteiger partial charge in [0.1, 0.15) is 12.1 Å². The Morgan fingerprint density at radius 3 is 2.32 bits per heavy atom. The molecule has 0 atom stereocenters. The molecule has 4 heteroatoms. The Morgan fingerprint density at radius 2 is 1.79 bits per heavy atom. The molecule has 1 N–H and O–H groups in total. The summed E-state index contributed by atoms with van der Waals surface area (Å²) >= 11 is 0. The van der Waals surface area contributed by atoms with Crippen LogP contribution in [0, 0.1) is 0 Å². The number of hydrogen-bond acceptors (Lipinski definition) is 3. The van der Waals surface area contributed by atoms with Crippen molar-refractivity contribution in [3.05, 3.63) is 54.0 Å². The largest absolute Gasteiger partial charge is 0.306 e. The van der Waals surface area contributed by atoms with E-state index in [2.05, 4.69) is 36.1 Å². The molecule has 0 bridgehead atoms. The zero-order valence-corrected chi connectivity index (χ0v) is 11.3. The van der Waals surface area contributed by atoms with E-state index in [1.54, 1.807) is 12.3 Å². The first kappa shape index (κ1) is 13.2. The summed E-state index contributed by atoms with van der Waals surface area (Å²) < 4.78 is 0. The maximum atomic E-state index is 12.0. The van der Waals surface area contributed by atoms with Crippen LogP contribution >= 0.6 is 0 Å². The van der Waals surface area contributed by atoms with Crippen LogP contribution in [0.2, 0.25) is 0 Å². The summed E-state index contributed by atoms with van der Waals surface area (Å²) in [6.45, 7) is 6.43. The number of rotatable bonds is 2. The van der Waals surface area contributed by atoms with E-state index in [-0.39, 0.29) is 11.3 Å². The molecular formula is C15H17N3O. The topological polar surface area (TPSA) is 54.9 Å². The standard InChI is InChI=1S/C15H17N3O/c1-15(2,3)12-6-4-11(5-7-12)14(19)18-13-8-9-16-10-17-13/h4-10H,1-3H3,(H,16,17,18,19). The molecule has 0 fully saturated rings. The van der Waals surface area contributed by atoms with Crippen LogP contribution in [0.3, 0.4) is 0 Å². The minimum atomic E-state index is -0.167. The average molecular weight is 255 g/mol. The fourth-order valence-corrected chi connectivity index (χ4v) is 1.67. The van der Waals surface area contributed by atoms with E-state index in [0.29, 0.717) is 11.4 Å². The number of anilines is 1. The van der Waals surface area contributed by atoms with Gasteiger partial charge in [-0.2, -0.15) is 0 Å². The third-order valence-corrected chi connectivity index (χ3v) is 2.84. The van der Waals surface area contributed by atoms with Gasteiger partial charge in [0.15, 0.2) is 0 Å². The molecule has 1 heterocycles. The van der Waals surface area contributed by atoms with Gasteiger partial charge in [0, 0.05) is 11.8 Å². The smallest absolute Gasteiger partial charge is 0.256 e. The first-order valence-corrected chi connectivity index (χ1v) is 6.15. The van der Waals surface area contributed by atoms with Gasteiger partial charge in [-0.15, -0.1) is 0 Å². The molecule has 0 aliphatic carbocycles. The Balaban J connectivity index is 2.12. The molecule has 1 aromatic carbocycles. The van der Waals surface area contributed by atoms with Crippen molar-refractivity contribution in [3.63, 3.8) is 0 Å². The van der Waals surface area contributed by atoms with Crippen LogP contribution in [-0.2, 0) is 5.41 Å². The van der Waals surface area contributed by atoms with Crippen molar-refractivity contribution in [3.8, 4) is 0 Å². The van der Waals surface area contributed by atoms with E-state index in [4.69, 9.17) is 0 Å². The molecule has 2 aromatic rings. The minimum absolute atomic E-state index is 0.0850. The molecule has 0 saturated carbocycles. The summed E-state index contributed by atoms with van der Waals surface area (Å²) in [5.41, 5.74) is 1.90. The van der Waals surface area contributed by atoms with E-state index >= 15 is 0 Å². The fourth-order valence-electron chi connectivity index (χ4n) is 1.67. The van der Waals surface area contributed by atoms with Crippen molar-refractivity contribution in [2.45, 2.75) is 26.2 Å². The molecule has 0 unspecified atom stereocenters. The number of nitrogens with one attached hydrogen (secondary N) is 1. The van der Waals surface area contributed by atoms with E-state index in [1.165, 1.54) is 11.9 Å².